The first kappa shape index (κ1) is 18.2. The third kappa shape index (κ3) is 2.30. The Morgan fingerprint density at radius 3 is 2.65 bits per heavy atom. The number of allylic oxidation sites excluding steroid dienone is 1. The molecule has 0 spiro atoms. The lowest BCUT2D eigenvalue weighted by atomic mass is 9.45. The Bertz CT molecular complexity index is 667. The maximum Gasteiger partial charge on any atom is 0.155 e. The SMILES string of the molecule is C[C@H](C(=O)[O-])[C@H]1CC[C@H]2[C@@H]3CCC4=CC(=O)CC[C@]4(C)[C@H]3C[C@H](O)[C@]12C. The van der Waals surface area contributed by atoms with Gasteiger partial charge < -0.3 is 15.0 Å². The van der Waals surface area contributed by atoms with Crippen LogP contribution in [0.5, 0.6) is 0 Å². The van der Waals surface area contributed by atoms with E-state index in [4.69, 9.17) is 0 Å². The summed E-state index contributed by atoms with van der Waals surface area (Å²) >= 11 is 0. The average molecular weight is 359 g/mol. The Balaban J connectivity index is 1.69. The number of carboxylic acid groups (broad SMARTS) is 1. The predicted octanol–water partition coefficient (Wildman–Crippen LogP) is 2.49. The number of hydrogen-bond acceptors (Lipinski definition) is 4. The molecular weight excluding hydrogens is 328 g/mol. The molecule has 0 amide bonds. The van der Waals surface area contributed by atoms with Gasteiger partial charge in [-0.3, -0.25) is 4.79 Å². The minimum atomic E-state index is -0.988. The van der Waals surface area contributed by atoms with Gasteiger partial charge in [-0.15, -0.1) is 0 Å². The largest absolute Gasteiger partial charge is 0.550 e. The quantitative estimate of drug-likeness (QED) is 0.822. The molecule has 0 heterocycles. The molecule has 0 aromatic carbocycles. The van der Waals surface area contributed by atoms with Crippen molar-refractivity contribution in [2.75, 3.05) is 0 Å². The molecule has 144 valence electrons. The minimum absolute atomic E-state index is 0.00821. The van der Waals surface area contributed by atoms with Gasteiger partial charge in [-0.2, -0.15) is 0 Å². The molecular formula is C22H31O4-. The van der Waals surface area contributed by atoms with Crippen LogP contribution in [0.4, 0.5) is 0 Å². The lowest BCUT2D eigenvalue weighted by Crippen LogP contribution is -2.57. The highest BCUT2D eigenvalue weighted by molar-refractivity contribution is 5.91. The van der Waals surface area contributed by atoms with Gasteiger partial charge in [0.15, 0.2) is 5.78 Å². The third-order valence-electron chi connectivity index (χ3n) is 9.12. The van der Waals surface area contributed by atoms with Crippen LogP contribution in [0.25, 0.3) is 0 Å². The topological polar surface area (TPSA) is 77.4 Å². The summed E-state index contributed by atoms with van der Waals surface area (Å²) in [6.45, 7) is 6.18. The number of carbonyl (C=O) groups is 2. The van der Waals surface area contributed by atoms with Gasteiger partial charge in [0, 0.05) is 17.8 Å². The Hall–Kier alpha value is -1.16. The van der Waals surface area contributed by atoms with Crippen molar-refractivity contribution >= 4 is 11.8 Å². The summed E-state index contributed by atoms with van der Waals surface area (Å²) in [6.07, 6.45) is 7.58. The van der Waals surface area contributed by atoms with E-state index in [1.807, 2.05) is 6.08 Å². The van der Waals surface area contributed by atoms with Gasteiger partial charge in [-0.25, -0.2) is 0 Å². The van der Waals surface area contributed by atoms with E-state index in [9.17, 15) is 19.8 Å². The fourth-order valence-electron chi connectivity index (χ4n) is 7.54. The second kappa shape index (κ2) is 5.92. The summed E-state index contributed by atoms with van der Waals surface area (Å²) in [4.78, 5) is 23.4. The first-order valence-electron chi connectivity index (χ1n) is 10.3. The predicted molar refractivity (Wildman–Crippen MR) is 95.8 cm³/mol. The maximum atomic E-state index is 11.9. The van der Waals surface area contributed by atoms with E-state index in [0.29, 0.717) is 24.2 Å². The van der Waals surface area contributed by atoms with E-state index >= 15 is 0 Å². The van der Waals surface area contributed by atoms with Gasteiger partial charge in [-0.1, -0.05) is 26.3 Å². The van der Waals surface area contributed by atoms with Crippen LogP contribution in [0.3, 0.4) is 0 Å². The summed E-state index contributed by atoms with van der Waals surface area (Å²) in [5.41, 5.74) is 0.989. The molecule has 0 unspecified atom stereocenters. The zero-order valence-corrected chi connectivity index (χ0v) is 16.2. The highest BCUT2D eigenvalue weighted by Gasteiger charge is 2.63. The van der Waals surface area contributed by atoms with Crippen molar-refractivity contribution < 1.29 is 19.8 Å². The Kier molecular flexibility index (Phi) is 4.15. The van der Waals surface area contributed by atoms with Crippen molar-refractivity contribution in [3.63, 3.8) is 0 Å². The van der Waals surface area contributed by atoms with E-state index in [0.717, 1.165) is 38.5 Å². The van der Waals surface area contributed by atoms with Gasteiger partial charge in [0.1, 0.15) is 0 Å². The number of fused-ring (bicyclic) bond motifs is 5. The molecule has 0 aromatic rings. The smallest absolute Gasteiger partial charge is 0.155 e. The number of carboxylic acids is 1. The van der Waals surface area contributed by atoms with E-state index in [1.165, 1.54) is 5.57 Å². The second-order valence-electron chi connectivity index (χ2n) is 9.88. The molecule has 3 saturated carbocycles. The van der Waals surface area contributed by atoms with Crippen molar-refractivity contribution in [3.8, 4) is 0 Å². The van der Waals surface area contributed by atoms with Gasteiger partial charge in [-0.05, 0) is 79.6 Å². The lowest BCUT2D eigenvalue weighted by Gasteiger charge is -2.60. The molecule has 4 rings (SSSR count). The molecule has 0 saturated heterocycles. The number of aliphatic hydroxyl groups is 1. The number of rotatable bonds is 2. The Morgan fingerprint density at radius 2 is 1.96 bits per heavy atom. The molecule has 8 atom stereocenters. The summed E-state index contributed by atoms with van der Waals surface area (Å²) < 4.78 is 0. The van der Waals surface area contributed by atoms with E-state index in [-0.39, 0.29) is 22.5 Å². The van der Waals surface area contributed by atoms with Crippen LogP contribution in [0.15, 0.2) is 11.6 Å². The van der Waals surface area contributed by atoms with Crippen LogP contribution < -0.4 is 5.11 Å². The molecule has 4 heteroatoms. The zero-order chi connectivity index (χ0) is 18.9. The first-order valence-corrected chi connectivity index (χ1v) is 10.3. The highest BCUT2D eigenvalue weighted by Crippen LogP contribution is 2.67. The Morgan fingerprint density at radius 1 is 1.23 bits per heavy atom. The fraction of sp³-hybridized carbons (Fsp3) is 0.818. The number of ketones is 1. The minimum Gasteiger partial charge on any atom is -0.550 e. The highest BCUT2D eigenvalue weighted by atomic mass is 16.4. The van der Waals surface area contributed by atoms with Crippen LogP contribution >= 0.6 is 0 Å². The van der Waals surface area contributed by atoms with Crippen molar-refractivity contribution in [1.82, 2.24) is 0 Å². The third-order valence-corrected chi connectivity index (χ3v) is 9.12. The van der Waals surface area contributed by atoms with Crippen LogP contribution in [0, 0.1) is 40.4 Å². The van der Waals surface area contributed by atoms with Gasteiger partial charge in [0.25, 0.3) is 0 Å². The molecule has 0 radical (unpaired) electrons. The summed E-state index contributed by atoms with van der Waals surface area (Å²) in [7, 11) is 0. The van der Waals surface area contributed by atoms with E-state index < -0.39 is 18.0 Å². The van der Waals surface area contributed by atoms with Gasteiger partial charge in [0.2, 0.25) is 0 Å². The van der Waals surface area contributed by atoms with Crippen LogP contribution in [0.2, 0.25) is 0 Å². The average Bonchev–Trinajstić information content (AvgIpc) is 2.94. The molecule has 26 heavy (non-hydrogen) atoms. The molecule has 1 N–H and O–H groups in total. The Labute approximate surface area is 156 Å². The monoisotopic (exact) mass is 359 g/mol. The molecule has 0 bridgehead atoms. The lowest BCUT2D eigenvalue weighted by molar-refractivity contribution is -0.314. The van der Waals surface area contributed by atoms with Crippen LogP contribution in [-0.2, 0) is 9.59 Å². The van der Waals surface area contributed by atoms with Gasteiger partial charge >= 0.3 is 0 Å². The van der Waals surface area contributed by atoms with Crippen LogP contribution in [-0.4, -0.2) is 23.0 Å². The molecule has 0 aromatic heterocycles. The maximum absolute atomic E-state index is 11.9. The van der Waals surface area contributed by atoms with Crippen LogP contribution in [0.1, 0.15) is 65.7 Å². The summed E-state index contributed by atoms with van der Waals surface area (Å²) in [5, 5.41) is 22.8. The standard InChI is InChI=1S/C22H32O4/c1-12(20(25)26)16-6-7-17-15-5-4-13-10-14(23)8-9-21(13,2)18(15)11-19(24)22(16,17)3/h10,12,15-19,24H,4-9,11H2,1-3H3,(H,25,26)/p-1/t12-,15-,16+,17-,18-,19-,21-,22+/m0/s1. The number of aliphatic hydroxyl groups excluding tert-OH is 1. The van der Waals surface area contributed by atoms with Crippen molar-refractivity contribution in [2.45, 2.75) is 71.8 Å². The van der Waals surface area contributed by atoms with Gasteiger partial charge in [0.05, 0.1) is 6.10 Å². The molecule has 0 aliphatic heterocycles. The van der Waals surface area contributed by atoms with Crippen molar-refractivity contribution in [3.05, 3.63) is 11.6 Å². The molecule has 4 aliphatic carbocycles. The fourth-order valence-corrected chi connectivity index (χ4v) is 7.54. The number of hydrogen-bond donors (Lipinski definition) is 1. The van der Waals surface area contributed by atoms with E-state index in [1.54, 1.807) is 6.92 Å². The van der Waals surface area contributed by atoms with Crippen molar-refractivity contribution in [1.29, 1.82) is 0 Å². The second-order valence-corrected chi connectivity index (χ2v) is 9.88. The molecule has 4 aliphatic rings. The molecule has 3 fully saturated rings. The summed E-state index contributed by atoms with van der Waals surface area (Å²) in [6, 6.07) is 0. The van der Waals surface area contributed by atoms with Crippen molar-refractivity contribution in [2.24, 2.45) is 40.4 Å². The normalized spacial score (nSPS) is 48.8. The number of aliphatic carboxylic acids is 1. The zero-order valence-electron chi connectivity index (χ0n) is 16.2. The summed E-state index contributed by atoms with van der Waals surface area (Å²) in [5.74, 6) is 0.0420. The first-order chi connectivity index (χ1) is 12.2. The molecule has 4 nitrogen and oxygen atoms in total. The van der Waals surface area contributed by atoms with E-state index in [2.05, 4.69) is 13.8 Å². The number of carbonyl (C=O) groups excluding carboxylic acids is 2.